The zero-order valence-electron chi connectivity index (χ0n) is 19.0. The van der Waals surface area contributed by atoms with Crippen LogP contribution >= 0.6 is 11.8 Å². The molecule has 4 amide bonds. The van der Waals surface area contributed by atoms with Crippen LogP contribution in [-0.4, -0.2) is 97.1 Å². The molecule has 0 fully saturated rings. The van der Waals surface area contributed by atoms with Crippen LogP contribution in [0.4, 0.5) is 0 Å². The molecule has 1 aromatic carbocycles. The van der Waals surface area contributed by atoms with Crippen molar-refractivity contribution in [3.05, 3.63) is 47.5 Å². The Hall–Kier alpha value is -4.42. The van der Waals surface area contributed by atoms with Crippen molar-refractivity contribution in [2.45, 2.75) is 5.37 Å². The molecule has 0 spiro atoms. The van der Waals surface area contributed by atoms with Gasteiger partial charge in [0.1, 0.15) is 5.56 Å². The van der Waals surface area contributed by atoms with Crippen LogP contribution in [0.5, 0.6) is 11.8 Å². The average molecular weight is 573 g/mol. The number of hydrogen-bond donors (Lipinski definition) is 7. The number of aromatic nitrogens is 1. The summed E-state index contributed by atoms with van der Waals surface area (Å²) in [6.07, 6.45) is 0. The van der Waals surface area contributed by atoms with Crippen LogP contribution in [0.1, 0.15) is 20.7 Å². The van der Waals surface area contributed by atoms with Crippen LogP contribution in [0, 0.1) is 0 Å². The van der Waals surface area contributed by atoms with Gasteiger partial charge < -0.3 is 26.0 Å². The third-order valence-corrected chi connectivity index (χ3v) is 6.34. The van der Waals surface area contributed by atoms with Crippen molar-refractivity contribution >= 4 is 56.6 Å². The number of aromatic amines is 1. The number of aromatic hydroxyl groups is 2. The summed E-state index contributed by atoms with van der Waals surface area (Å²) in [4.78, 5) is 74.0. The van der Waals surface area contributed by atoms with Crippen molar-refractivity contribution in [3.63, 3.8) is 0 Å². The first-order chi connectivity index (χ1) is 17.7. The lowest BCUT2D eigenvalue weighted by atomic mass is 10.2. The van der Waals surface area contributed by atoms with Crippen LogP contribution in [0.15, 0.2) is 36.4 Å². The summed E-state index contributed by atoms with van der Waals surface area (Å²) in [7, 11) is -5.63. The molecule has 1 heterocycles. The number of benzene rings is 1. The molecule has 0 aliphatic carbocycles. The van der Waals surface area contributed by atoms with Crippen LogP contribution in [0.3, 0.4) is 0 Å². The van der Waals surface area contributed by atoms with Gasteiger partial charge in [-0.1, -0.05) is 42.1 Å². The van der Waals surface area contributed by atoms with E-state index in [4.69, 9.17) is 0 Å². The summed E-state index contributed by atoms with van der Waals surface area (Å²) >= 11 is 0.666. The highest BCUT2D eigenvalue weighted by Crippen LogP contribution is 2.25. The second-order valence-corrected chi connectivity index (χ2v) is 9.61. The molecule has 1 atom stereocenters. The monoisotopic (exact) mass is 572 g/mol. The van der Waals surface area contributed by atoms with E-state index in [1.807, 2.05) is 10.3 Å². The number of H-pyrrole nitrogens is 1. The molecule has 16 nitrogen and oxygen atoms in total. The number of rotatable bonds is 11. The smallest absolute Gasteiger partial charge is 0.345 e. The standard InChI is InChI=1S/C20H20N4O12S2/c25-12-6-11(16(29)23-12)17(30)24(18(19(31)32)38(34,35)36)15(28)8-22-13(26)7-21-14(27)9-37-20(33)10-4-2-1-3-5-10/h1-6,18,23,25,29H,7-9H2,(H,21,27)(H,22,26)(H,31,32)(H,34,35,36)/t18-/m0/s1. The molecule has 0 radical (unpaired) electrons. The first-order valence-corrected chi connectivity index (χ1v) is 12.6. The molecule has 1 aromatic heterocycles. The van der Waals surface area contributed by atoms with Gasteiger partial charge in [0.05, 0.1) is 18.8 Å². The maximum absolute atomic E-state index is 12.7. The van der Waals surface area contributed by atoms with Crippen LogP contribution in [0.25, 0.3) is 0 Å². The minimum Gasteiger partial charge on any atom is -0.494 e. The molecule has 2 aromatic rings. The quantitative estimate of drug-likeness (QED) is 0.151. The lowest BCUT2D eigenvalue weighted by Gasteiger charge is -2.25. The summed E-state index contributed by atoms with van der Waals surface area (Å²) in [6, 6.07) is 8.61. The predicted octanol–water partition coefficient (Wildman–Crippen LogP) is -1.50. The number of nitrogens with one attached hydrogen (secondary N) is 3. The van der Waals surface area contributed by atoms with Gasteiger partial charge in [0.15, 0.2) is 5.88 Å². The molecule has 0 bridgehead atoms. The maximum atomic E-state index is 12.7. The molecule has 0 saturated carbocycles. The van der Waals surface area contributed by atoms with Gasteiger partial charge in [0, 0.05) is 11.6 Å². The Bertz CT molecular complexity index is 1360. The Balaban J connectivity index is 2.02. The number of carbonyl (C=O) groups is 6. The fourth-order valence-electron chi connectivity index (χ4n) is 2.78. The van der Waals surface area contributed by atoms with Crippen molar-refractivity contribution in [1.82, 2.24) is 20.5 Å². The van der Waals surface area contributed by atoms with Gasteiger partial charge in [-0.25, -0.2) is 9.69 Å². The number of carboxylic acid groups (broad SMARTS) is 1. The van der Waals surface area contributed by atoms with Crippen LogP contribution in [0.2, 0.25) is 0 Å². The fraction of sp³-hybridized carbons (Fsp3) is 0.200. The SMILES string of the molecule is O=C(CNC(=O)CSC(=O)c1ccccc1)NCC(=O)N(C(=O)c1cc(O)[nH]c1O)[C@H](C(=O)O)S(=O)(=O)O. The van der Waals surface area contributed by atoms with Gasteiger partial charge in [-0.15, -0.1) is 0 Å². The van der Waals surface area contributed by atoms with Gasteiger partial charge in [-0.3, -0.25) is 33.5 Å². The number of hydrogen-bond acceptors (Lipinski definition) is 11. The molecule has 38 heavy (non-hydrogen) atoms. The molecule has 2 rings (SSSR count). The lowest BCUT2D eigenvalue weighted by Crippen LogP contribution is -2.55. The van der Waals surface area contributed by atoms with Gasteiger partial charge in [-0.05, 0) is 0 Å². The normalized spacial score (nSPS) is 11.7. The first kappa shape index (κ1) is 29.8. The number of amides is 4. The fourth-order valence-corrected chi connectivity index (χ4v) is 4.19. The largest absolute Gasteiger partial charge is 0.494 e. The van der Waals surface area contributed by atoms with Gasteiger partial charge in [0.2, 0.25) is 22.8 Å². The molecular weight excluding hydrogens is 552 g/mol. The van der Waals surface area contributed by atoms with Crippen LogP contribution < -0.4 is 10.6 Å². The Morgan fingerprint density at radius 3 is 2.11 bits per heavy atom. The Morgan fingerprint density at radius 2 is 1.58 bits per heavy atom. The number of thioether (sulfide) groups is 1. The Labute approximate surface area is 217 Å². The van der Waals surface area contributed by atoms with Gasteiger partial charge >= 0.3 is 5.97 Å². The second kappa shape index (κ2) is 12.7. The number of nitrogens with zero attached hydrogens (tertiary/aromatic N) is 1. The van der Waals surface area contributed by atoms with E-state index in [0.29, 0.717) is 23.4 Å². The van der Waals surface area contributed by atoms with Crippen LogP contribution in [-0.2, 0) is 29.3 Å². The highest BCUT2D eigenvalue weighted by molar-refractivity contribution is 8.14. The van der Waals surface area contributed by atoms with E-state index in [-0.39, 0.29) is 5.75 Å². The molecular formula is C20H20N4O12S2. The number of carboxylic acids is 1. The van der Waals surface area contributed by atoms with E-state index in [9.17, 15) is 57.1 Å². The average Bonchev–Trinajstić information content (AvgIpc) is 3.19. The predicted molar refractivity (Wildman–Crippen MR) is 128 cm³/mol. The molecule has 18 heteroatoms. The zero-order valence-corrected chi connectivity index (χ0v) is 20.6. The van der Waals surface area contributed by atoms with E-state index >= 15 is 0 Å². The minimum absolute atomic E-state index is 0.343. The zero-order chi connectivity index (χ0) is 28.6. The highest BCUT2D eigenvalue weighted by atomic mass is 32.2. The number of imide groups is 1. The van der Waals surface area contributed by atoms with Crippen molar-refractivity contribution in [2.24, 2.45) is 0 Å². The molecule has 0 aliphatic heterocycles. The van der Waals surface area contributed by atoms with E-state index in [1.54, 1.807) is 30.3 Å². The number of aliphatic carboxylic acids is 1. The topological polar surface area (TPSA) is 261 Å². The van der Waals surface area contributed by atoms with Gasteiger partial charge in [0.25, 0.3) is 27.3 Å². The lowest BCUT2D eigenvalue weighted by molar-refractivity contribution is -0.144. The molecule has 0 saturated heterocycles. The van der Waals surface area contributed by atoms with E-state index < -0.39 is 85.5 Å². The van der Waals surface area contributed by atoms with E-state index in [0.717, 1.165) is 0 Å². The second-order valence-electron chi connectivity index (χ2n) is 7.19. The molecule has 0 aliphatic rings. The van der Waals surface area contributed by atoms with E-state index in [2.05, 4.69) is 5.32 Å². The number of carbonyl (C=O) groups excluding carboxylic acids is 5. The van der Waals surface area contributed by atoms with Crippen molar-refractivity contribution in [2.75, 3.05) is 18.8 Å². The summed E-state index contributed by atoms with van der Waals surface area (Å²) in [5, 5.41) is 28.8. The third-order valence-electron chi connectivity index (χ3n) is 4.46. The summed E-state index contributed by atoms with van der Waals surface area (Å²) in [6.45, 7) is -1.90. The maximum Gasteiger partial charge on any atom is 0.345 e. The van der Waals surface area contributed by atoms with E-state index in [1.165, 1.54) is 0 Å². The van der Waals surface area contributed by atoms with Crippen molar-refractivity contribution < 1.29 is 57.1 Å². The molecule has 204 valence electrons. The van der Waals surface area contributed by atoms with Gasteiger partial charge in [-0.2, -0.15) is 8.42 Å². The summed E-state index contributed by atoms with van der Waals surface area (Å²) < 4.78 is 32.5. The molecule has 7 N–H and O–H groups in total. The highest BCUT2D eigenvalue weighted by Gasteiger charge is 2.44. The molecule has 0 unspecified atom stereocenters. The minimum atomic E-state index is -5.63. The Morgan fingerprint density at radius 1 is 0.974 bits per heavy atom. The third kappa shape index (κ3) is 8.05. The summed E-state index contributed by atoms with van der Waals surface area (Å²) in [5.41, 5.74) is -0.569. The van der Waals surface area contributed by atoms with Crippen molar-refractivity contribution in [1.29, 1.82) is 0 Å². The first-order valence-electron chi connectivity index (χ1n) is 10.1. The van der Waals surface area contributed by atoms with Crippen molar-refractivity contribution in [3.8, 4) is 11.8 Å². The Kier molecular flexibility index (Phi) is 9.96. The summed E-state index contributed by atoms with van der Waals surface area (Å²) in [5.74, 6) is -9.71.